The third kappa shape index (κ3) is 12.5. The lowest BCUT2D eigenvalue weighted by molar-refractivity contribution is 0.660. The second-order valence-corrected chi connectivity index (χ2v) is 41.0. The number of thiophene rings is 2. The van der Waals surface area contributed by atoms with Gasteiger partial charge in [-0.05, 0) is 286 Å². The van der Waals surface area contributed by atoms with Gasteiger partial charge in [0.1, 0.15) is 0 Å². The van der Waals surface area contributed by atoms with Crippen molar-refractivity contribution in [2.24, 2.45) is 0 Å². The van der Waals surface area contributed by atoms with Gasteiger partial charge in [0.05, 0.1) is 49.5 Å². The van der Waals surface area contributed by atoms with Gasteiger partial charge in [-0.3, -0.25) is 0 Å². The highest BCUT2D eigenvalue weighted by Crippen LogP contribution is 2.64. The van der Waals surface area contributed by atoms with Crippen LogP contribution in [0.4, 0.5) is 0 Å². The van der Waals surface area contributed by atoms with Crippen molar-refractivity contribution in [2.45, 2.75) is 24.7 Å². The van der Waals surface area contributed by atoms with E-state index in [9.17, 15) is 0 Å². The lowest BCUT2D eigenvalue weighted by atomic mass is 9.70. The number of fused-ring (bicyclic) bond motifs is 31. The molecule has 4 nitrogen and oxygen atoms in total. The lowest BCUT2D eigenvalue weighted by Crippen LogP contribution is -2.25. The van der Waals surface area contributed by atoms with E-state index in [1.807, 2.05) is 22.7 Å². The molecule has 0 amide bonds. The second-order valence-electron chi connectivity index (χ2n) is 38.8. The van der Waals surface area contributed by atoms with Crippen LogP contribution in [0.2, 0.25) is 0 Å². The standard InChI is InChI=1S/C49H31N.C45H31NS.C42H26N2S/c1-2-13-32(14-3-1)33-15-12-16-36(29-33)50-47-24-11-7-20-41(47)42-30-34(26-28-48(42)50)35-25-27-40-39-19-6-10-23-45(39)49(46(40)31-35)43-21-8-4-17-37(43)38-18-5-9-22-44(38)49;1-45(2)39-14-8-6-12-33(39)34-20-19-32(27-40(34)45)46-41-21-16-29(28-10-4-3-5-11-28)24-36(41)37-25-30(17-22-42(37)46)31-18-23-44-38(26-31)35-13-7-9-15-43(35)47-44;1-2-10-29(11-3-1)43-37-15-7-4-12-31(37)34-24-27(18-21-39(34)43)28-19-22-40-35(25-28)32-13-5-8-16-38(32)44(40)30-20-23-42-36(26-30)33-14-6-9-17-41(33)45-42/h1-31H;3-27H,1-2H3;1-26H. The Morgan fingerprint density at radius 1 is 0.148 bits per heavy atom. The third-order valence-electron chi connectivity index (χ3n) is 30.9. The van der Waals surface area contributed by atoms with Crippen LogP contribution in [0.5, 0.6) is 0 Å². The number of rotatable bonds is 9. The van der Waals surface area contributed by atoms with Gasteiger partial charge in [0.15, 0.2) is 0 Å². The third-order valence-corrected chi connectivity index (χ3v) is 33.2. The molecule has 6 heterocycles. The number of nitrogens with zero attached hydrogens (tertiary/aromatic N) is 4. The van der Waals surface area contributed by atoms with E-state index in [0.717, 1.165) is 0 Å². The summed E-state index contributed by atoms with van der Waals surface area (Å²) in [5, 5.41) is 15.5. The Bertz CT molecular complexity index is 10000. The maximum absolute atomic E-state index is 2.48. The predicted molar refractivity (Wildman–Crippen MR) is 604 cm³/mol. The van der Waals surface area contributed by atoms with E-state index in [1.54, 1.807) is 0 Å². The largest absolute Gasteiger partial charge is 0.309 e. The Kier molecular flexibility index (Phi) is 18.4. The zero-order valence-electron chi connectivity index (χ0n) is 77.9. The molecule has 3 aliphatic carbocycles. The van der Waals surface area contributed by atoms with Crippen LogP contribution < -0.4 is 0 Å². The predicted octanol–water partition coefficient (Wildman–Crippen LogP) is 37.2. The SMILES string of the molecule is CC1(C)c2ccccc2-c2ccc(-n3c4ccc(-c5ccccc5)cc4c4cc(-c5ccc6sc7ccccc7c6c5)ccc43)cc21.c1ccc(-c2cccc(-n3c4ccccc4c4cc(-c5ccc6c(c5)C5(c7ccccc7-c7ccccc75)c5ccccc5-6)ccc43)c2)cc1.c1ccc(-n2c3ccccc3c3cc(-c4ccc5c(c4)c4ccccc4n5-c4ccc5sc6ccccc6c5c4)ccc32)cc1. The minimum atomic E-state index is -0.348. The van der Waals surface area contributed by atoms with Crippen LogP contribution in [0.1, 0.15) is 47.2 Å². The lowest BCUT2D eigenvalue weighted by Gasteiger charge is -2.30. The van der Waals surface area contributed by atoms with Crippen molar-refractivity contribution in [1.82, 2.24) is 18.3 Å². The van der Waals surface area contributed by atoms with Crippen molar-refractivity contribution in [3.05, 3.63) is 531 Å². The molecule has 664 valence electrons. The molecule has 31 rings (SSSR count). The van der Waals surface area contributed by atoms with Crippen LogP contribution in [-0.4, -0.2) is 18.3 Å². The summed E-state index contributed by atoms with van der Waals surface area (Å²) in [6.45, 7) is 4.72. The van der Waals surface area contributed by atoms with Crippen molar-refractivity contribution in [3.63, 3.8) is 0 Å². The molecule has 0 N–H and O–H groups in total. The van der Waals surface area contributed by atoms with Crippen LogP contribution in [0.3, 0.4) is 0 Å². The first kappa shape index (κ1) is 81.6. The maximum Gasteiger partial charge on any atom is 0.0725 e. The molecule has 0 fully saturated rings. The molecule has 0 saturated heterocycles. The van der Waals surface area contributed by atoms with Crippen molar-refractivity contribution in [3.8, 4) is 112 Å². The van der Waals surface area contributed by atoms with Gasteiger partial charge in [0.25, 0.3) is 0 Å². The Hall–Kier alpha value is -17.5. The molecule has 0 atom stereocenters. The number of hydrogen-bond acceptors (Lipinski definition) is 2. The van der Waals surface area contributed by atoms with Gasteiger partial charge in [0, 0.05) is 112 Å². The fourth-order valence-electron chi connectivity index (χ4n) is 24.5. The van der Waals surface area contributed by atoms with E-state index < -0.39 is 0 Å². The van der Waals surface area contributed by atoms with Gasteiger partial charge >= 0.3 is 0 Å². The van der Waals surface area contributed by atoms with Gasteiger partial charge in [-0.1, -0.05) is 347 Å². The molecule has 142 heavy (non-hydrogen) atoms. The van der Waals surface area contributed by atoms with Gasteiger partial charge in [-0.15, -0.1) is 22.7 Å². The van der Waals surface area contributed by atoms with E-state index in [1.165, 1.54) is 273 Å². The monoisotopic (exact) mass is 1840 g/mol. The van der Waals surface area contributed by atoms with Gasteiger partial charge in [-0.25, -0.2) is 0 Å². The first-order chi connectivity index (χ1) is 70.2. The van der Waals surface area contributed by atoms with Crippen LogP contribution in [0, 0.1) is 0 Å². The van der Waals surface area contributed by atoms with Gasteiger partial charge in [-0.2, -0.15) is 0 Å². The molecule has 6 aromatic heterocycles. The van der Waals surface area contributed by atoms with Crippen LogP contribution >= 0.6 is 22.7 Å². The minimum absolute atomic E-state index is 0.0567. The highest BCUT2D eigenvalue weighted by atomic mass is 32.1. The zero-order valence-corrected chi connectivity index (χ0v) is 79.6. The highest BCUT2D eigenvalue weighted by molar-refractivity contribution is 7.26. The topological polar surface area (TPSA) is 19.7 Å². The van der Waals surface area contributed by atoms with E-state index >= 15 is 0 Å². The fourth-order valence-corrected chi connectivity index (χ4v) is 26.7. The molecule has 0 saturated carbocycles. The number of benzene rings is 22. The molecule has 1 spiro atoms. The smallest absolute Gasteiger partial charge is 0.0725 e. The summed E-state index contributed by atoms with van der Waals surface area (Å²) in [5.74, 6) is 0. The van der Waals surface area contributed by atoms with Crippen molar-refractivity contribution in [1.29, 1.82) is 0 Å². The summed E-state index contributed by atoms with van der Waals surface area (Å²) in [6, 6.07) is 184. The van der Waals surface area contributed by atoms with Crippen molar-refractivity contribution < 1.29 is 0 Å². The van der Waals surface area contributed by atoms with Gasteiger partial charge < -0.3 is 18.3 Å². The average Bonchev–Trinajstić information content (AvgIpc) is 1.50. The van der Waals surface area contributed by atoms with Crippen LogP contribution in [0.15, 0.2) is 497 Å². The molecule has 3 aliphatic rings. The first-order valence-corrected chi connectivity index (χ1v) is 50.8. The molecule has 0 unspecified atom stereocenters. The Morgan fingerprint density at radius 3 is 0.901 bits per heavy atom. The van der Waals surface area contributed by atoms with Crippen LogP contribution in [0.25, 0.3) is 239 Å². The number of hydrogen-bond donors (Lipinski definition) is 0. The molecular weight excluding hydrogens is 1750 g/mol. The van der Waals surface area contributed by atoms with E-state index in [-0.39, 0.29) is 10.8 Å². The normalized spacial score (nSPS) is 13.0. The fraction of sp³-hybridized carbons (Fsp3) is 0.0294. The summed E-state index contributed by atoms with van der Waals surface area (Å²) in [4.78, 5) is 0. The quantitative estimate of drug-likeness (QED) is 0.137. The van der Waals surface area contributed by atoms with Crippen molar-refractivity contribution in [2.75, 3.05) is 0 Å². The number of aromatic nitrogens is 4. The summed E-state index contributed by atoms with van der Waals surface area (Å²) in [7, 11) is 0. The molecule has 0 aliphatic heterocycles. The average molecular weight is 1840 g/mol. The van der Waals surface area contributed by atoms with Crippen LogP contribution in [-0.2, 0) is 10.8 Å². The van der Waals surface area contributed by atoms with E-state index in [0.29, 0.717) is 0 Å². The number of para-hydroxylation sites is 4. The molecule has 22 aromatic carbocycles. The first-order valence-electron chi connectivity index (χ1n) is 49.1. The molecular formula is C136H88N4S2. The molecule has 0 radical (unpaired) electrons. The summed E-state index contributed by atoms with van der Waals surface area (Å²) in [6.07, 6.45) is 0. The second kappa shape index (κ2) is 32.0. The Labute approximate surface area is 829 Å². The Morgan fingerprint density at radius 2 is 0.423 bits per heavy atom. The van der Waals surface area contributed by atoms with E-state index in [2.05, 4.69) is 530 Å². The van der Waals surface area contributed by atoms with E-state index in [4.69, 9.17) is 0 Å². The summed E-state index contributed by atoms with van der Waals surface area (Å²) >= 11 is 3.74. The van der Waals surface area contributed by atoms with Crippen molar-refractivity contribution >= 4 is 150 Å². The molecule has 0 bridgehead atoms. The maximum atomic E-state index is 2.48. The summed E-state index contributed by atoms with van der Waals surface area (Å²) in [5.41, 5.74) is 42.8. The minimum Gasteiger partial charge on any atom is -0.309 e. The highest BCUT2D eigenvalue weighted by Gasteiger charge is 2.52. The Balaban J connectivity index is 0.000000102. The summed E-state index contributed by atoms with van der Waals surface area (Å²) < 4.78 is 15.0. The van der Waals surface area contributed by atoms with Gasteiger partial charge in [0.2, 0.25) is 0 Å². The molecule has 6 heteroatoms. The molecule has 28 aromatic rings. The zero-order chi connectivity index (χ0) is 93.6.